The zero-order valence-electron chi connectivity index (χ0n) is 7.89. The van der Waals surface area contributed by atoms with Gasteiger partial charge in [0.25, 0.3) is 0 Å². The molecule has 0 aromatic rings. The fourth-order valence-electron chi connectivity index (χ4n) is 1.97. The lowest BCUT2D eigenvalue weighted by Crippen LogP contribution is -2.28. The summed E-state index contributed by atoms with van der Waals surface area (Å²) in [7, 11) is 0. The zero-order valence-corrected chi connectivity index (χ0v) is 7.89. The minimum atomic E-state index is 0.640. The summed E-state index contributed by atoms with van der Waals surface area (Å²) < 4.78 is 0. The van der Waals surface area contributed by atoms with Crippen LogP contribution in [0.25, 0.3) is 0 Å². The van der Waals surface area contributed by atoms with Crippen molar-refractivity contribution >= 4 is 6.21 Å². The van der Waals surface area contributed by atoms with Crippen LogP contribution >= 0.6 is 0 Å². The van der Waals surface area contributed by atoms with Crippen molar-refractivity contribution in [1.82, 2.24) is 5.01 Å². The van der Waals surface area contributed by atoms with Crippen LogP contribution in [0.5, 0.6) is 0 Å². The Hall–Kier alpha value is -1.05. The van der Waals surface area contributed by atoms with Gasteiger partial charge >= 0.3 is 0 Å². The van der Waals surface area contributed by atoms with Crippen molar-refractivity contribution in [1.29, 1.82) is 0 Å². The van der Waals surface area contributed by atoms with E-state index in [2.05, 4.69) is 22.4 Å². The first-order valence-corrected chi connectivity index (χ1v) is 5.12. The van der Waals surface area contributed by atoms with E-state index in [9.17, 15) is 0 Å². The number of hydrazone groups is 1. The van der Waals surface area contributed by atoms with Gasteiger partial charge in [0.15, 0.2) is 0 Å². The minimum absolute atomic E-state index is 0.640. The molecule has 70 valence electrons. The quantitative estimate of drug-likeness (QED) is 0.599. The zero-order chi connectivity index (χ0) is 8.93. The number of hydrogen-bond donors (Lipinski definition) is 0. The highest BCUT2D eigenvalue weighted by Gasteiger charge is 2.17. The first kappa shape index (κ1) is 8.54. The summed E-state index contributed by atoms with van der Waals surface area (Å²) in [5.74, 6) is 0. The lowest BCUT2D eigenvalue weighted by Gasteiger charge is -2.28. The smallest absolute Gasteiger partial charge is 0.0519 e. The monoisotopic (exact) mass is 176 g/mol. The van der Waals surface area contributed by atoms with Gasteiger partial charge in [0.05, 0.1) is 6.04 Å². The van der Waals surface area contributed by atoms with Crippen molar-refractivity contribution < 1.29 is 0 Å². The van der Waals surface area contributed by atoms with Crippen molar-refractivity contribution in [2.75, 3.05) is 0 Å². The van der Waals surface area contributed by atoms with E-state index in [0.717, 1.165) is 0 Å². The molecule has 0 saturated heterocycles. The Morgan fingerprint density at radius 1 is 1.00 bits per heavy atom. The van der Waals surface area contributed by atoms with Crippen LogP contribution in [0.4, 0.5) is 0 Å². The highest BCUT2D eigenvalue weighted by atomic mass is 15.5. The Kier molecular flexibility index (Phi) is 2.80. The molecule has 1 heterocycles. The highest BCUT2D eigenvalue weighted by Crippen LogP contribution is 2.23. The van der Waals surface area contributed by atoms with E-state index in [4.69, 9.17) is 0 Å². The van der Waals surface area contributed by atoms with Gasteiger partial charge in [-0.15, -0.1) is 0 Å². The number of rotatable bonds is 1. The van der Waals surface area contributed by atoms with Gasteiger partial charge in [-0.05, 0) is 25.0 Å². The van der Waals surface area contributed by atoms with E-state index in [0.29, 0.717) is 6.04 Å². The number of hydrogen-bond acceptors (Lipinski definition) is 2. The van der Waals surface area contributed by atoms with E-state index < -0.39 is 0 Å². The average molecular weight is 176 g/mol. The second-order valence-corrected chi connectivity index (χ2v) is 3.66. The summed E-state index contributed by atoms with van der Waals surface area (Å²) >= 11 is 0. The lowest BCUT2D eigenvalue weighted by molar-refractivity contribution is 0.226. The van der Waals surface area contributed by atoms with E-state index >= 15 is 0 Å². The maximum atomic E-state index is 4.38. The Labute approximate surface area is 79.6 Å². The summed E-state index contributed by atoms with van der Waals surface area (Å²) in [5.41, 5.74) is 0. The van der Waals surface area contributed by atoms with Gasteiger partial charge in [-0.25, -0.2) is 0 Å². The fourth-order valence-corrected chi connectivity index (χ4v) is 1.97. The molecule has 2 rings (SSSR count). The first-order valence-electron chi connectivity index (χ1n) is 5.12. The summed E-state index contributed by atoms with van der Waals surface area (Å²) in [5, 5.41) is 6.49. The van der Waals surface area contributed by atoms with Crippen LogP contribution in [0.3, 0.4) is 0 Å². The SMILES string of the molecule is C1=CC=NN(C2CCCCC2)C=C1. The summed E-state index contributed by atoms with van der Waals surface area (Å²) in [6, 6.07) is 0.640. The molecule has 0 aromatic carbocycles. The van der Waals surface area contributed by atoms with Gasteiger partial charge in [-0.1, -0.05) is 25.3 Å². The molecular formula is C11H16N2. The van der Waals surface area contributed by atoms with Gasteiger partial charge < -0.3 is 0 Å². The molecule has 1 aliphatic heterocycles. The molecule has 2 heteroatoms. The normalized spacial score (nSPS) is 23.5. The van der Waals surface area contributed by atoms with E-state index in [1.165, 1.54) is 32.1 Å². The molecule has 0 unspecified atom stereocenters. The van der Waals surface area contributed by atoms with Crippen molar-refractivity contribution in [2.45, 2.75) is 38.1 Å². The van der Waals surface area contributed by atoms with Gasteiger partial charge in [-0.2, -0.15) is 5.10 Å². The van der Waals surface area contributed by atoms with Crippen LogP contribution < -0.4 is 0 Å². The molecule has 0 bridgehead atoms. The largest absolute Gasteiger partial charge is 0.270 e. The van der Waals surface area contributed by atoms with Crippen LogP contribution in [-0.4, -0.2) is 17.3 Å². The molecule has 2 nitrogen and oxygen atoms in total. The molecule has 1 aliphatic carbocycles. The number of nitrogens with zero attached hydrogens (tertiary/aromatic N) is 2. The molecule has 0 atom stereocenters. The molecular weight excluding hydrogens is 160 g/mol. The Bertz CT molecular complexity index is 218. The van der Waals surface area contributed by atoms with Gasteiger partial charge in [0, 0.05) is 12.4 Å². The number of allylic oxidation sites excluding steroid dienone is 3. The lowest BCUT2D eigenvalue weighted by atomic mass is 9.95. The third-order valence-corrected chi connectivity index (χ3v) is 2.70. The highest BCUT2D eigenvalue weighted by molar-refractivity contribution is 5.71. The molecule has 1 fully saturated rings. The standard InChI is InChI=1S/C11H16N2/c1-3-7-11(8-4-1)13-10-6-2-5-9-12-13/h2,5-6,9-11H,1,3-4,7-8H2. The van der Waals surface area contributed by atoms with Gasteiger partial charge in [0.2, 0.25) is 0 Å². The minimum Gasteiger partial charge on any atom is -0.270 e. The fraction of sp³-hybridized carbons (Fsp3) is 0.545. The molecule has 2 aliphatic rings. The van der Waals surface area contributed by atoms with Gasteiger partial charge in [0.1, 0.15) is 0 Å². The molecule has 0 spiro atoms. The van der Waals surface area contributed by atoms with E-state index in [1.54, 1.807) is 0 Å². The second kappa shape index (κ2) is 4.26. The van der Waals surface area contributed by atoms with E-state index in [-0.39, 0.29) is 0 Å². The second-order valence-electron chi connectivity index (χ2n) is 3.66. The van der Waals surface area contributed by atoms with Crippen LogP contribution in [0.15, 0.2) is 29.5 Å². The van der Waals surface area contributed by atoms with E-state index in [1.807, 2.05) is 18.4 Å². The third kappa shape index (κ3) is 2.20. The first-order chi connectivity index (χ1) is 6.47. The van der Waals surface area contributed by atoms with Gasteiger partial charge in [-0.3, -0.25) is 5.01 Å². The van der Waals surface area contributed by atoms with Crippen molar-refractivity contribution in [3.63, 3.8) is 0 Å². The summed E-state index contributed by atoms with van der Waals surface area (Å²) in [4.78, 5) is 0. The van der Waals surface area contributed by atoms with Crippen LogP contribution in [0.2, 0.25) is 0 Å². The van der Waals surface area contributed by atoms with Crippen molar-refractivity contribution in [2.24, 2.45) is 5.10 Å². The molecule has 0 amide bonds. The molecule has 13 heavy (non-hydrogen) atoms. The Balaban J connectivity index is 1.98. The molecule has 1 saturated carbocycles. The topological polar surface area (TPSA) is 15.6 Å². The van der Waals surface area contributed by atoms with Crippen LogP contribution in [0, 0.1) is 0 Å². The molecule has 0 N–H and O–H groups in total. The summed E-state index contributed by atoms with van der Waals surface area (Å²) in [6.45, 7) is 0. The Morgan fingerprint density at radius 3 is 2.69 bits per heavy atom. The maximum absolute atomic E-state index is 4.38. The summed E-state index contributed by atoms with van der Waals surface area (Å²) in [6.07, 6.45) is 16.7. The van der Waals surface area contributed by atoms with Crippen LogP contribution in [-0.2, 0) is 0 Å². The average Bonchev–Trinajstić information content (AvgIpc) is 2.47. The maximum Gasteiger partial charge on any atom is 0.0519 e. The third-order valence-electron chi connectivity index (χ3n) is 2.70. The van der Waals surface area contributed by atoms with Crippen LogP contribution in [0.1, 0.15) is 32.1 Å². The Morgan fingerprint density at radius 2 is 1.85 bits per heavy atom. The van der Waals surface area contributed by atoms with Crippen molar-refractivity contribution in [3.05, 3.63) is 24.4 Å². The molecule has 0 radical (unpaired) electrons. The van der Waals surface area contributed by atoms with Crippen molar-refractivity contribution in [3.8, 4) is 0 Å². The molecule has 0 aromatic heterocycles. The predicted octanol–water partition coefficient (Wildman–Crippen LogP) is 2.69. The predicted molar refractivity (Wildman–Crippen MR) is 55.5 cm³/mol.